The van der Waals surface area contributed by atoms with Gasteiger partial charge in [0.25, 0.3) is 5.91 Å². The number of benzene rings is 2. The Morgan fingerprint density at radius 1 is 1.16 bits per heavy atom. The molecule has 0 bridgehead atoms. The van der Waals surface area contributed by atoms with E-state index in [1.165, 1.54) is 0 Å². The molecule has 2 aromatic carbocycles. The monoisotopic (exact) mass is 333 g/mol. The number of carbonyl (C=O) groups is 2. The van der Waals surface area contributed by atoms with Crippen LogP contribution in [0.5, 0.6) is 0 Å². The summed E-state index contributed by atoms with van der Waals surface area (Å²) in [5.74, 6) is -0.0746. The van der Waals surface area contributed by atoms with Crippen molar-refractivity contribution < 1.29 is 9.59 Å². The van der Waals surface area contributed by atoms with Crippen molar-refractivity contribution in [1.82, 2.24) is 0 Å². The first-order valence-corrected chi connectivity index (χ1v) is 8.31. The summed E-state index contributed by atoms with van der Waals surface area (Å²) in [6.07, 6.45) is 2.56. The van der Waals surface area contributed by atoms with Gasteiger partial charge in [-0.2, -0.15) is 5.26 Å². The van der Waals surface area contributed by atoms with Gasteiger partial charge in [0, 0.05) is 29.9 Å². The molecule has 1 N–H and O–H groups in total. The minimum Gasteiger partial charge on any atom is -0.322 e. The maximum atomic E-state index is 12.3. The average molecular weight is 333 g/mol. The second kappa shape index (κ2) is 7.18. The minimum absolute atomic E-state index is 0.156. The van der Waals surface area contributed by atoms with Crippen molar-refractivity contribution >= 4 is 23.2 Å². The molecule has 0 saturated carbocycles. The number of nitriles is 1. The SMILES string of the molecule is Cc1cc(NC(=O)c2ccc(C#N)cc2)ccc1N1CCCCC1=O. The normalized spacial score (nSPS) is 14.1. The number of piperidine rings is 1. The van der Waals surface area contributed by atoms with Crippen LogP contribution in [0.15, 0.2) is 42.5 Å². The molecule has 1 saturated heterocycles. The summed E-state index contributed by atoms with van der Waals surface area (Å²) in [4.78, 5) is 26.2. The topological polar surface area (TPSA) is 73.2 Å². The van der Waals surface area contributed by atoms with E-state index in [-0.39, 0.29) is 11.8 Å². The summed E-state index contributed by atoms with van der Waals surface area (Å²) in [6, 6.07) is 14.1. The van der Waals surface area contributed by atoms with Gasteiger partial charge in [0.05, 0.1) is 11.6 Å². The third-order valence-electron chi connectivity index (χ3n) is 4.35. The van der Waals surface area contributed by atoms with Gasteiger partial charge < -0.3 is 10.2 Å². The average Bonchev–Trinajstić information content (AvgIpc) is 2.63. The number of carbonyl (C=O) groups excluding carboxylic acids is 2. The van der Waals surface area contributed by atoms with E-state index in [9.17, 15) is 9.59 Å². The summed E-state index contributed by atoms with van der Waals surface area (Å²) in [5.41, 5.74) is 3.55. The van der Waals surface area contributed by atoms with E-state index < -0.39 is 0 Å². The second-order valence-corrected chi connectivity index (χ2v) is 6.15. The minimum atomic E-state index is -0.231. The third-order valence-corrected chi connectivity index (χ3v) is 4.35. The van der Waals surface area contributed by atoms with E-state index >= 15 is 0 Å². The summed E-state index contributed by atoms with van der Waals surface area (Å²) in [6.45, 7) is 2.69. The van der Waals surface area contributed by atoms with Crippen LogP contribution in [0.25, 0.3) is 0 Å². The van der Waals surface area contributed by atoms with Crippen molar-refractivity contribution in [3.63, 3.8) is 0 Å². The number of rotatable bonds is 3. The van der Waals surface area contributed by atoms with Crippen LogP contribution < -0.4 is 10.2 Å². The lowest BCUT2D eigenvalue weighted by Crippen LogP contribution is -2.35. The molecule has 1 heterocycles. The van der Waals surface area contributed by atoms with E-state index in [0.29, 0.717) is 23.2 Å². The highest BCUT2D eigenvalue weighted by molar-refractivity contribution is 6.04. The van der Waals surface area contributed by atoms with Crippen molar-refractivity contribution in [2.75, 3.05) is 16.8 Å². The van der Waals surface area contributed by atoms with Gasteiger partial charge in [0.2, 0.25) is 5.91 Å². The molecule has 126 valence electrons. The first kappa shape index (κ1) is 16.7. The van der Waals surface area contributed by atoms with Crippen LogP contribution in [0.4, 0.5) is 11.4 Å². The Morgan fingerprint density at radius 3 is 2.56 bits per heavy atom. The van der Waals surface area contributed by atoms with Gasteiger partial charge in [-0.15, -0.1) is 0 Å². The van der Waals surface area contributed by atoms with Gasteiger partial charge in [-0.05, 0) is 67.8 Å². The largest absolute Gasteiger partial charge is 0.322 e. The van der Waals surface area contributed by atoms with Gasteiger partial charge in [-0.3, -0.25) is 9.59 Å². The van der Waals surface area contributed by atoms with Crippen LogP contribution in [0.1, 0.15) is 40.7 Å². The predicted octanol–water partition coefficient (Wildman–Crippen LogP) is 3.64. The Labute approximate surface area is 146 Å². The first-order valence-electron chi connectivity index (χ1n) is 8.31. The lowest BCUT2D eigenvalue weighted by Gasteiger charge is -2.28. The van der Waals surface area contributed by atoms with Crippen molar-refractivity contribution in [2.45, 2.75) is 26.2 Å². The number of hydrogen-bond acceptors (Lipinski definition) is 3. The van der Waals surface area contributed by atoms with Gasteiger partial charge in [-0.25, -0.2) is 0 Å². The Balaban J connectivity index is 1.75. The fourth-order valence-electron chi connectivity index (χ4n) is 3.00. The molecular formula is C20H19N3O2. The maximum absolute atomic E-state index is 12.3. The van der Waals surface area contributed by atoms with E-state index in [2.05, 4.69) is 5.32 Å². The second-order valence-electron chi connectivity index (χ2n) is 6.15. The summed E-state index contributed by atoms with van der Waals surface area (Å²) < 4.78 is 0. The molecule has 0 aromatic heterocycles. The van der Waals surface area contributed by atoms with Crippen LogP contribution in [0.2, 0.25) is 0 Å². The number of nitrogens with one attached hydrogen (secondary N) is 1. The molecule has 0 radical (unpaired) electrons. The fourth-order valence-corrected chi connectivity index (χ4v) is 3.00. The van der Waals surface area contributed by atoms with Crippen LogP contribution in [-0.2, 0) is 4.79 Å². The van der Waals surface area contributed by atoms with E-state index in [1.54, 1.807) is 24.3 Å². The molecule has 2 aromatic rings. The first-order chi connectivity index (χ1) is 12.1. The predicted molar refractivity (Wildman–Crippen MR) is 96.5 cm³/mol. The Hall–Kier alpha value is -3.13. The van der Waals surface area contributed by atoms with Gasteiger partial charge in [0.1, 0.15) is 0 Å². The Kier molecular flexibility index (Phi) is 4.80. The molecule has 0 atom stereocenters. The number of aryl methyl sites for hydroxylation is 1. The molecule has 0 aliphatic carbocycles. The Bertz CT molecular complexity index is 850. The highest BCUT2D eigenvalue weighted by Crippen LogP contribution is 2.27. The lowest BCUT2D eigenvalue weighted by atomic mass is 10.1. The molecule has 2 amide bonds. The zero-order valence-electron chi connectivity index (χ0n) is 14.1. The van der Waals surface area contributed by atoms with Crippen molar-refractivity contribution in [1.29, 1.82) is 5.26 Å². The van der Waals surface area contributed by atoms with Gasteiger partial charge >= 0.3 is 0 Å². The molecule has 1 aliphatic rings. The summed E-state index contributed by atoms with van der Waals surface area (Å²) >= 11 is 0. The molecule has 1 fully saturated rings. The molecule has 5 nitrogen and oxygen atoms in total. The number of amides is 2. The molecule has 0 unspecified atom stereocenters. The fraction of sp³-hybridized carbons (Fsp3) is 0.250. The quantitative estimate of drug-likeness (QED) is 0.932. The highest BCUT2D eigenvalue weighted by atomic mass is 16.2. The van der Waals surface area contributed by atoms with E-state index in [4.69, 9.17) is 5.26 Å². The molecule has 0 spiro atoms. The highest BCUT2D eigenvalue weighted by Gasteiger charge is 2.21. The van der Waals surface area contributed by atoms with Crippen LogP contribution in [-0.4, -0.2) is 18.4 Å². The van der Waals surface area contributed by atoms with Crippen LogP contribution >= 0.6 is 0 Å². The van der Waals surface area contributed by atoms with Crippen molar-refractivity contribution in [3.05, 3.63) is 59.2 Å². The molecule has 25 heavy (non-hydrogen) atoms. The summed E-state index contributed by atoms with van der Waals surface area (Å²) in [5, 5.41) is 11.7. The number of anilines is 2. The smallest absolute Gasteiger partial charge is 0.255 e. The molecule has 1 aliphatic heterocycles. The zero-order chi connectivity index (χ0) is 17.8. The molecule has 5 heteroatoms. The van der Waals surface area contributed by atoms with E-state index in [0.717, 1.165) is 30.6 Å². The van der Waals surface area contributed by atoms with Gasteiger partial charge in [-0.1, -0.05) is 0 Å². The van der Waals surface area contributed by atoms with Crippen molar-refractivity contribution in [3.8, 4) is 6.07 Å². The Morgan fingerprint density at radius 2 is 1.92 bits per heavy atom. The standard InChI is InChI=1S/C20H19N3O2/c1-14-12-17(9-10-18(14)23-11-3-2-4-19(23)24)22-20(25)16-7-5-15(13-21)6-8-16/h5-10,12H,2-4,11H2,1H3,(H,22,25). The maximum Gasteiger partial charge on any atom is 0.255 e. The summed E-state index contributed by atoms with van der Waals surface area (Å²) in [7, 11) is 0. The van der Waals surface area contributed by atoms with E-state index in [1.807, 2.05) is 36.1 Å². The lowest BCUT2D eigenvalue weighted by molar-refractivity contribution is -0.119. The zero-order valence-corrected chi connectivity index (χ0v) is 14.1. The third kappa shape index (κ3) is 3.69. The number of nitrogens with zero attached hydrogens (tertiary/aromatic N) is 2. The van der Waals surface area contributed by atoms with Crippen molar-refractivity contribution in [2.24, 2.45) is 0 Å². The van der Waals surface area contributed by atoms with Crippen LogP contribution in [0, 0.1) is 18.3 Å². The van der Waals surface area contributed by atoms with Crippen LogP contribution in [0.3, 0.4) is 0 Å². The molecular weight excluding hydrogens is 314 g/mol. The number of hydrogen-bond donors (Lipinski definition) is 1. The van der Waals surface area contributed by atoms with Gasteiger partial charge in [0.15, 0.2) is 0 Å². The molecule has 3 rings (SSSR count).